The number of alkyl halides is 3. The lowest BCUT2D eigenvalue weighted by molar-refractivity contribution is -0.165. The van der Waals surface area contributed by atoms with Crippen LogP contribution < -0.4 is 11.1 Å². The highest BCUT2D eigenvalue weighted by Crippen LogP contribution is 2.21. The van der Waals surface area contributed by atoms with Crippen molar-refractivity contribution >= 4 is 17.5 Å². The average molecular weight is 345 g/mol. The Labute approximate surface area is 136 Å². The molecule has 0 saturated carbocycles. The number of rotatable bonds is 4. The summed E-state index contributed by atoms with van der Waals surface area (Å²) >= 11 is 0. The molecule has 6 nitrogen and oxygen atoms in total. The van der Waals surface area contributed by atoms with E-state index in [-0.39, 0.29) is 19.8 Å². The van der Waals surface area contributed by atoms with Gasteiger partial charge in [-0.3, -0.25) is 14.5 Å². The second kappa shape index (κ2) is 7.18. The van der Waals surface area contributed by atoms with Gasteiger partial charge in [-0.25, -0.2) is 0 Å². The Hall–Kier alpha value is -2.13. The number of anilines is 1. The van der Waals surface area contributed by atoms with Gasteiger partial charge in [-0.15, -0.1) is 0 Å². The Morgan fingerprint density at radius 1 is 1.42 bits per heavy atom. The first-order valence-corrected chi connectivity index (χ1v) is 7.27. The lowest BCUT2D eigenvalue weighted by Gasteiger charge is -2.34. The molecule has 1 aliphatic rings. The second-order valence-corrected chi connectivity index (χ2v) is 5.56. The Kier molecular flexibility index (Phi) is 5.45. The zero-order valence-corrected chi connectivity index (χ0v) is 13.0. The van der Waals surface area contributed by atoms with Crippen LogP contribution >= 0.6 is 0 Å². The topological polar surface area (TPSA) is 84.7 Å². The Balaban J connectivity index is 2.09. The number of ether oxygens (including phenoxy) is 1. The smallest absolute Gasteiger partial charge is 0.378 e. The Morgan fingerprint density at radius 2 is 2.12 bits per heavy atom. The van der Waals surface area contributed by atoms with Gasteiger partial charge in [-0.2, -0.15) is 13.2 Å². The molecule has 1 aromatic rings. The van der Waals surface area contributed by atoms with Crippen LogP contribution in [0.15, 0.2) is 18.2 Å². The molecule has 0 aromatic heterocycles. The molecule has 2 amide bonds. The van der Waals surface area contributed by atoms with Crippen LogP contribution in [0.2, 0.25) is 0 Å². The number of benzene rings is 1. The third-order valence-corrected chi connectivity index (χ3v) is 3.68. The van der Waals surface area contributed by atoms with Crippen molar-refractivity contribution in [2.75, 3.05) is 31.6 Å². The van der Waals surface area contributed by atoms with Crippen LogP contribution in [0.5, 0.6) is 0 Å². The number of aryl methyl sites for hydroxylation is 1. The summed E-state index contributed by atoms with van der Waals surface area (Å²) in [5.74, 6) is -1.19. The van der Waals surface area contributed by atoms with Crippen LogP contribution in [0.1, 0.15) is 15.9 Å². The van der Waals surface area contributed by atoms with Gasteiger partial charge < -0.3 is 15.8 Å². The number of morpholine rings is 1. The maximum absolute atomic E-state index is 12.6. The molecule has 9 heteroatoms. The number of hydrogen-bond donors (Lipinski definition) is 2. The predicted octanol–water partition coefficient (Wildman–Crippen LogP) is 1.30. The largest absolute Gasteiger partial charge is 0.401 e. The summed E-state index contributed by atoms with van der Waals surface area (Å²) in [6.07, 6.45) is -4.39. The third-order valence-electron chi connectivity index (χ3n) is 3.68. The molecule has 132 valence electrons. The van der Waals surface area contributed by atoms with Crippen molar-refractivity contribution in [3.05, 3.63) is 29.3 Å². The van der Waals surface area contributed by atoms with Crippen molar-refractivity contribution in [1.82, 2.24) is 4.90 Å². The molecule has 1 saturated heterocycles. The standard InChI is InChI=1S/C15H18F3N3O3/c1-9-6-10(2-3-11(9)13(19)22)20-14(23)12-7-24-5-4-21(12)8-15(16,17)18/h2-3,6,12H,4-5,7-8H2,1H3,(H2,19,22)(H,20,23)/t12-/m0/s1. The molecule has 1 fully saturated rings. The van der Waals surface area contributed by atoms with Crippen molar-refractivity contribution in [3.63, 3.8) is 0 Å². The molecule has 24 heavy (non-hydrogen) atoms. The Bertz CT molecular complexity index is 634. The van der Waals surface area contributed by atoms with Gasteiger partial charge in [0.15, 0.2) is 0 Å². The van der Waals surface area contributed by atoms with Gasteiger partial charge in [0.25, 0.3) is 0 Å². The van der Waals surface area contributed by atoms with Crippen LogP contribution in [0, 0.1) is 6.92 Å². The number of nitrogens with two attached hydrogens (primary N) is 1. The number of halogens is 3. The molecule has 0 unspecified atom stereocenters. The van der Waals surface area contributed by atoms with Gasteiger partial charge in [-0.1, -0.05) is 0 Å². The first-order chi connectivity index (χ1) is 11.2. The van der Waals surface area contributed by atoms with E-state index in [0.717, 1.165) is 4.90 Å². The van der Waals surface area contributed by atoms with Gasteiger partial charge in [0.05, 0.1) is 19.8 Å². The molecule has 1 heterocycles. The van der Waals surface area contributed by atoms with Crippen LogP contribution in [0.25, 0.3) is 0 Å². The van der Waals surface area contributed by atoms with E-state index in [1.165, 1.54) is 18.2 Å². The molecule has 0 bridgehead atoms. The number of primary amides is 1. The van der Waals surface area contributed by atoms with Gasteiger partial charge in [-0.05, 0) is 30.7 Å². The molecule has 1 atom stereocenters. The van der Waals surface area contributed by atoms with E-state index < -0.39 is 30.6 Å². The molecular weight excluding hydrogens is 327 g/mol. The van der Waals surface area contributed by atoms with Gasteiger partial charge in [0.2, 0.25) is 11.8 Å². The van der Waals surface area contributed by atoms with Crippen molar-refractivity contribution in [2.45, 2.75) is 19.1 Å². The lowest BCUT2D eigenvalue weighted by atomic mass is 10.1. The first kappa shape index (κ1) is 18.2. The number of nitrogens with zero attached hydrogens (tertiary/aromatic N) is 1. The molecule has 0 spiro atoms. The number of carbonyl (C=O) groups is 2. The average Bonchev–Trinajstić information content (AvgIpc) is 2.45. The van der Waals surface area contributed by atoms with E-state index in [0.29, 0.717) is 16.8 Å². The van der Waals surface area contributed by atoms with E-state index in [1.807, 2.05) is 0 Å². The fourth-order valence-corrected chi connectivity index (χ4v) is 2.54. The second-order valence-electron chi connectivity index (χ2n) is 5.56. The SMILES string of the molecule is Cc1cc(NC(=O)[C@@H]2COCCN2CC(F)(F)F)ccc1C(N)=O. The summed E-state index contributed by atoms with van der Waals surface area (Å²) in [6, 6.07) is 3.44. The van der Waals surface area contributed by atoms with Gasteiger partial charge >= 0.3 is 6.18 Å². The molecule has 1 aliphatic heterocycles. The van der Waals surface area contributed by atoms with Crippen molar-refractivity contribution in [1.29, 1.82) is 0 Å². The molecule has 0 radical (unpaired) electrons. The van der Waals surface area contributed by atoms with E-state index in [9.17, 15) is 22.8 Å². The summed E-state index contributed by atoms with van der Waals surface area (Å²) in [4.78, 5) is 24.5. The highest BCUT2D eigenvalue weighted by atomic mass is 19.4. The van der Waals surface area contributed by atoms with Crippen LogP contribution in [-0.4, -0.2) is 55.2 Å². The fraction of sp³-hybridized carbons (Fsp3) is 0.467. The molecule has 0 aliphatic carbocycles. The van der Waals surface area contributed by atoms with Crippen LogP contribution in [-0.2, 0) is 9.53 Å². The molecule has 1 aromatic carbocycles. The van der Waals surface area contributed by atoms with Crippen molar-refractivity contribution in [2.24, 2.45) is 5.73 Å². The minimum Gasteiger partial charge on any atom is -0.378 e. The maximum atomic E-state index is 12.6. The van der Waals surface area contributed by atoms with Crippen LogP contribution in [0.3, 0.4) is 0 Å². The minimum absolute atomic E-state index is 0.0250. The number of nitrogens with one attached hydrogen (secondary N) is 1. The quantitative estimate of drug-likeness (QED) is 0.861. The zero-order chi connectivity index (χ0) is 17.9. The highest BCUT2D eigenvalue weighted by molar-refractivity contribution is 5.97. The monoisotopic (exact) mass is 345 g/mol. The molecule has 2 rings (SSSR count). The number of amides is 2. The zero-order valence-electron chi connectivity index (χ0n) is 13.0. The van der Waals surface area contributed by atoms with Crippen molar-refractivity contribution in [3.8, 4) is 0 Å². The molecule has 3 N–H and O–H groups in total. The summed E-state index contributed by atoms with van der Waals surface area (Å²) < 4.78 is 43.0. The first-order valence-electron chi connectivity index (χ1n) is 7.27. The maximum Gasteiger partial charge on any atom is 0.401 e. The Morgan fingerprint density at radius 3 is 2.71 bits per heavy atom. The van der Waals surface area contributed by atoms with E-state index in [1.54, 1.807) is 6.92 Å². The number of carbonyl (C=O) groups excluding carboxylic acids is 2. The summed E-state index contributed by atoms with van der Waals surface area (Å²) in [6.45, 7) is 0.535. The van der Waals surface area contributed by atoms with Crippen LogP contribution in [0.4, 0.5) is 18.9 Å². The van der Waals surface area contributed by atoms with Gasteiger partial charge in [0.1, 0.15) is 6.04 Å². The number of hydrogen-bond acceptors (Lipinski definition) is 4. The normalized spacial score (nSPS) is 19.1. The minimum atomic E-state index is -4.39. The van der Waals surface area contributed by atoms with E-state index in [2.05, 4.69) is 5.32 Å². The van der Waals surface area contributed by atoms with Gasteiger partial charge in [0, 0.05) is 17.8 Å². The van der Waals surface area contributed by atoms with E-state index >= 15 is 0 Å². The van der Waals surface area contributed by atoms with Crippen molar-refractivity contribution < 1.29 is 27.5 Å². The highest BCUT2D eigenvalue weighted by Gasteiger charge is 2.38. The molecular formula is C15H18F3N3O3. The third kappa shape index (κ3) is 4.68. The predicted molar refractivity (Wildman–Crippen MR) is 80.6 cm³/mol. The van der Waals surface area contributed by atoms with E-state index in [4.69, 9.17) is 10.5 Å². The summed E-state index contributed by atoms with van der Waals surface area (Å²) in [5.41, 5.74) is 6.45. The summed E-state index contributed by atoms with van der Waals surface area (Å²) in [7, 11) is 0. The lowest BCUT2D eigenvalue weighted by Crippen LogP contribution is -2.54. The summed E-state index contributed by atoms with van der Waals surface area (Å²) in [5, 5.41) is 2.55. The fourth-order valence-electron chi connectivity index (χ4n) is 2.54.